The summed E-state index contributed by atoms with van der Waals surface area (Å²) in [6.45, 7) is 6.99. The van der Waals surface area contributed by atoms with E-state index in [1.165, 1.54) is 0 Å². The van der Waals surface area contributed by atoms with E-state index in [0.717, 1.165) is 37.9 Å². The van der Waals surface area contributed by atoms with Gasteiger partial charge in [0.2, 0.25) is 0 Å². The summed E-state index contributed by atoms with van der Waals surface area (Å²) in [4.78, 5) is 14.7. The number of pyridine rings is 1. The molecule has 0 aliphatic rings. The molecule has 0 aromatic carbocycles. The van der Waals surface area contributed by atoms with Gasteiger partial charge in [0.05, 0.1) is 4.92 Å². The van der Waals surface area contributed by atoms with Gasteiger partial charge < -0.3 is 5.32 Å². The SMILES string of the molecule is CCCNC(CCC)Cc1ccc([N+](=O)[O-])c(C)n1. The third-order valence-electron chi connectivity index (χ3n) is 3.09. The highest BCUT2D eigenvalue weighted by molar-refractivity contribution is 5.35. The second-order valence-electron chi connectivity index (χ2n) is 4.81. The van der Waals surface area contributed by atoms with Crippen molar-refractivity contribution in [1.29, 1.82) is 0 Å². The Morgan fingerprint density at radius 2 is 2.11 bits per heavy atom. The fraction of sp³-hybridized carbons (Fsp3) is 0.643. The third kappa shape index (κ3) is 4.95. The molecule has 0 radical (unpaired) electrons. The van der Waals surface area contributed by atoms with Crippen LogP contribution in [0, 0.1) is 17.0 Å². The minimum absolute atomic E-state index is 0.0947. The molecule has 106 valence electrons. The Kier molecular flexibility index (Phi) is 6.42. The van der Waals surface area contributed by atoms with Crippen LogP contribution in [0.4, 0.5) is 5.69 Å². The molecule has 5 nitrogen and oxygen atoms in total. The molecule has 5 heteroatoms. The van der Waals surface area contributed by atoms with E-state index in [2.05, 4.69) is 24.1 Å². The smallest absolute Gasteiger partial charge is 0.290 e. The number of aromatic nitrogens is 1. The van der Waals surface area contributed by atoms with Crippen LogP contribution in [0.1, 0.15) is 44.5 Å². The number of nitro groups is 1. The number of nitrogens with zero attached hydrogens (tertiary/aromatic N) is 2. The van der Waals surface area contributed by atoms with Crippen LogP contribution in [0.5, 0.6) is 0 Å². The van der Waals surface area contributed by atoms with E-state index >= 15 is 0 Å². The fourth-order valence-corrected chi connectivity index (χ4v) is 2.14. The van der Waals surface area contributed by atoms with Gasteiger partial charge in [-0.2, -0.15) is 0 Å². The summed E-state index contributed by atoms with van der Waals surface area (Å²) in [7, 11) is 0. The zero-order chi connectivity index (χ0) is 14.3. The van der Waals surface area contributed by atoms with E-state index in [0.29, 0.717) is 11.7 Å². The first-order valence-corrected chi connectivity index (χ1v) is 6.92. The van der Waals surface area contributed by atoms with Gasteiger partial charge in [0, 0.05) is 24.2 Å². The van der Waals surface area contributed by atoms with Gasteiger partial charge in [0.15, 0.2) is 0 Å². The predicted octanol–water partition coefficient (Wildman–Crippen LogP) is 3.01. The van der Waals surface area contributed by atoms with Gasteiger partial charge in [0.1, 0.15) is 5.69 Å². The normalized spacial score (nSPS) is 12.4. The van der Waals surface area contributed by atoms with Crippen molar-refractivity contribution < 1.29 is 4.92 Å². The summed E-state index contributed by atoms with van der Waals surface area (Å²) < 4.78 is 0. The van der Waals surface area contributed by atoms with Crippen molar-refractivity contribution in [3.05, 3.63) is 33.6 Å². The summed E-state index contributed by atoms with van der Waals surface area (Å²) in [5, 5.41) is 14.3. The van der Waals surface area contributed by atoms with E-state index in [1.807, 2.05) is 0 Å². The number of rotatable bonds is 8. The first-order chi connectivity index (χ1) is 9.08. The maximum atomic E-state index is 10.8. The highest BCUT2D eigenvalue weighted by atomic mass is 16.6. The highest BCUT2D eigenvalue weighted by Crippen LogP contribution is 2.16. The average molecular weight is 265 g/mol. The Balaban J connectivity index is 2.73. The van der Waals surface area contributed by atoms with Crippen LogP contribution in [0.15, 0.2) is 12.1 Å². The van der Waals surface area contributed by atoms with Gasteiger partial charge in [-0.1, -0.05) is 20.3 Å². The van der Waals surface area contributed by atoms with Gasteiger partial charge in [-0.25, -0.2) is 0 Å². The lowest BCUT2D eigenvalue weighted by Crippen LogP contribution is -2.32. The molecule has 0 fully saturated rings. The third-order valence-corrected chi connectivity index (χ3v) is 3.09. The van der Waals surface area contributed by atoms with Crippen molar-refractivity contribution in [2.24, 2.45) is 0 Å². The van der Waals surface area contributed by atoms with Gasteiger partial charge in [0.25, 0.3) is 5.69 Å². The molecule has 1 aromatic heterocycles. The molecule has 0 bridgehead atoms. The molecule has 1 N–H and O–H groups in total. The van der Waals surface area contributed by atoms with Crippen LogP contribution in [0.2, 0.25) is 0 Å². The highest BCUT2D eigenvalue weighted by Gasteiger charge is 2.14. The Bertz CT molecular complexity index is 421. The molecule has 0 aliphatic heterocycles. The molecular formula is C14H23N3O2. The molecule has 0 amide bonds. The largest absolute Gasteiger partial charge is 0.314 e. The summed E-state index contributed by atoms with van der Waals surface area (Å²) >= 11 is 0. The molecule has 19 heavy (non-hydrogen) atoms. The second-order valence-corrected chi connectivity index (χ2v) is 4.81. The van der Waals surface area contributed by atoms with E-state index in [9.17, 15) is 10.1 Å². The molecule has 1 aromatic rings. The lowest BCUT2D eigenvalue weighted by atomic mass is 10.1. The Hall–Kier alpha value is -1.49. The number of hydrogen-bond acceptors (Lipinski definition) is 4. The first-order valence-electron chi connectivity index (χ1n) is 6.92. The van der Waals surface area contributed by atoms with Crippen molar-refractivity contribution in [1.82, 2.24) is 10.3 Å². The van der Waals surface area contributed by atoms with E-state index in [4.69, 9.17) is 0 Å². The van der Waals surface area contributed by atoms with Crippen LogP contribution >= 0.6 is 0 Å². The molecule has 1 heterocycles. The molecule has 1 unspecified atom stereocenters. The zero-order valence-electron chi connectivity index (χ0n) is 12.0. The van der Waals surface area contributed by atoms with Crippen molar-refractivity contribution in [3.63, 3.8) is 0 Å². The topological polar surface area (TPSA) is 68.1 Å². The molecule has 0 aliphatic carbocycles. The summed E-state index contributed by atoms with van der Waals surface area (Å²) in [6.07, 6.45) is 4.14. The Morgan fingerprint density at radius 1 is 1.37 bits per heavy atom. The second kappa shape index (κ2) is 7.84. The minimum atomic E-state index is -0.384. The van der Waals surface area contributed by atoms with Crippen LogP contribution in [0.25, 0.3) is 0 Å². The van der Waals surface area contributed by atoms with E-state index in [1.54, 1.807) is 19.1 Å². The molecule has 1 atom stereocenters. The van der Waals surface area contributed by atoms with Crippen molar-refractivity contribution >= 4 is 5.69 Å². The van der Waals surface area contributed by atoms with Crippen LogP contribution < -0.4 is 5.32 Å². The van der Waals surface area contributed by atoms with Gasteiger partial charge in [-0.3, -0.25) is 15.1 Å². The van der Waals surface area contributed by atoms with Gasteiger partial charge in [-0.05, 0) is 32.4 Å². The maximum absolute atomic E-state index is 10.8. The monoisotopic (exact) mass is 265 g/mol. The van der Waals surface area contributed by atoms with Crippen molar-refractivity contribution in [3.8, 4) is 0 Å². The molecule has 0 spiro atoms. The van der Waals surface area contributed by atoms with Crippen molar-refractivity contribution in [2.45, 2.75) is 52.5 Å². The lowest BCUT2D eigenvalue weighted by Gasteiger charge is -2.17. The van der Waals surface area contributed by atoms with Crippen LogP contribution in [-0.2, 0) is 6.42 Å². The van der Waals surface area contributed by atoms with Crippen molar-refractivity contribution in [2.75, 3.05) is 6.54 Å². The van der Waals surface area contributed by atoms with Crippen LogP contribution in [-0.4, -0.2) is 22.5 Å². The first kappa shape index (κ1) is 15.6. The number of nitrogens with one attached hydrogen (secondary N) is 1. The Morgan fingerprint density at radius 3 is 2.63 bits per heavy atom. The standard InChI is InChI=1S/C14H23N3O2/c1-4-6-12(15-9-5-2)10-13-7-8-14(17(18)19)11(3)16-13/h7-8,12,15H,4-6,9-10H2,1-3H3. The zero-order valence-corrected chi connectivity index (χ0v) is 12.0. The predicted molar refractivity (Wildman–Crippen MR) is 76.3 cm³/mol. The minimum Gasteiger partial charge on any atom is -0.314 e. The number of hydrogen-bond donors (Lipinski definition) is 1. The lowest BCUT2D eigenvalue weighted by molar-refractivity contribution is -0.385. The number of aryl methyl sites for hydroxylation is 1. The van der Waals surface area contributed by atoms with Gasteiger partial charge >= 0.3 is 0 Å². The molecule has 1 rings (SSSR count). The van der Waals surface area contributed by atoms with Gasteiger partial charge in [-0.15, -0.1) is 0 Å². The summed E-state index contributed by atoms with van der Waals surface area (Å²) in [6, 6.07) is 3.72. The average Bonchev–Trinajstić information content (AvgIpc) is 2.36. The molecular weight excluding hydrogens is 242 g/mol. The summed E-state index contributed by atoms with van der Waals surface area (Å²) in [5.41, 5.74) is 1.51. The van der Waals surface area contributed by atoms with Crippen LogP contribution in [0.3, 0.4) is 0 Å². The molecule has 0 saturated heterocycles. The summed E-state index contributed by atoms with van der Waals surface area (Å²) in [5.74, 6) is 0. The van der Waals surface area contributed by atoms with E-state index in [-0.39, 0.29) is 10.6 Å². The quantitative estimate of drug-likeness (QED) is 0.579. The van der Waals surface area contributed by atoms with E-state index < -0.39 is 0 Å². The molecule has 0 saturated carbocycles. The maximum Gasteiger partial charge on any atom is 0.290 e. The fourth-order valence-electron chi connectivity index (χ4n) is 2.14. The Labute approximate surface area is 114 Å².